The van der Waals surface area contributed by atoms with Gasteiger partial charge >= 0.3 is 0 Å². The van der Waals surface area contributed by atoms with Gasteiger partial charge in [0.1, 0.15) is 5.82 Å². The van der Waals surface area contributed by atoms with Gasteiger partial charge in [0, 0.05) is 6.04 Å². The quantitative estimate of drug-likeness (QED) is 0.800. The van der Waals surface area contributed by atoms with Crippen LogP contribution in [-0.2, 0) is 12.8 Å². The van der Waals surface area contributed by atoms with Crippen LogP contribution in [-0.4, -0.2) is 12.6 Å². The molecule has 0 amide bonds. The highest BCUT2D eigenvalue weighted by Gasteiger charge is 2.11. The van der Waals surface area contributed by atoms with Crippen LogP contribution in [0.1, 0.15) is 30.0 Å². The van der Waals surface area contributed by atoms with E-state index in [1.807, 2.05) is 12.1 Å². The van der Waals surface area contributed by atoms with Crippen molar-refractivity contribution in [3.05, 3.63) is 71.0 Å². The summed E-state index contributed by atoms with van der Waals surface area (Å²) in [6.45, 7) is 5.11. The summed E-state index contributed by atoms with van der Waals surface area (Å²) in [4.78, 5) is 0. The molecule has 2 rings (SSSR count). The number of hydrogen-bond acceptors (Lipinski definition) is 1. The predicted octanol–water partition coefficient (Wildman–Crippen LogP) is 4.29. The molecule has 0 bridgehead atoms. The van der Waals surface area contributed by atoms with Crippen molar-refractivity contribution in [3.63, 3.8) is 0 Å². The molecular formula is C19H24FN. The molecule has 2 aromatic carbocycles. The molecule has 0 aliphatic heterocycles. The molecule has 1 unspecified atom stereocenters. The van der Waals surface area contributed by atoms with Crippen LogP contribution in [0, 0.1) is 12.7 Å². The first-order chi connectivity index (χ1) is 10.2. The van der Waals surface area contributed by atoms with Crippen LogP contribution < -0.4 is 5.32 Å². The standard InChI is InChI=1S/C19H24FN/c1-3-21-18(14-17-6-4-5-7-19(17)20)13-12-16-10-8-15(2)9-11-16/h4-11,18,21H,3,12-14H2,1-2H3. The number of halogens is 1. The lowest BCUT2D eigenvalue weighted by atomic mass is 9.98. The van der Waals surface area contributed by atoms with Crippen molar-refractivity contribution >= 4 is 0 Å². The number of benzene rings is 2. The second-order valence-electron chi connectivity index (χ2n) is 5.57. The third kappa shape index (κ3) is 4.98. The summed E-state index contributed by atoms with van der Waals surface area (Å²) < 4.78 is 13.8. The van der Waals surface area contributed by atoms with Gasteiger partial charge in [-0.05, 0) is 49.9 Å². The summed E-state index contributed by atoms with van der Waals surface area (Å²) in [6.07, 6.45) is 2.78. The largest absolute Gasteiger partial charge is 0.314 e. The topological polar surface area (TPSA) is 12.0 Å². The molecule has 1 atom stereocenters. The molecule has 0 radical (unpaired) electrons. The minimum atomic E-state index is -0.101. The molecule has 1 nitrogen and oxygen atoms in total. The lowest BCUT2D eigenvalue weighted by Crippen LogP contribution is -2.31. The number of aryl methyl sites for hydroxylation is 2. The molecule has 0 saturated heterocycles. The molecule has 0 aliphatic rings. The number of likely N-dealkylation sites (N-methyl/N-ethyl adjacent to an activating group) is 1. The fourth-order valence-corrected chi connectivity index (χ4v) is 2.59. The van der Waals surface area contributed by atoms with E-state index in [2.05, 4.69) is 43.4 Å². The Labute approximate surface area is 127 Å². The fourth-order valence-electron chi connectivity index (χ4n) is 2.59. The van der Waals surface area contributed by atoms with Crippen LogP contribution in [0.4, 0.5) is 4.39 Å². The van der Waals surface area contributed by atoms with Crippen LogP contribution in [0.5, 0.6) is 0 Å². The van der Waals surface area contributed by atoms with Crippen molar-refractivity contribution in [3.8, 4) is 0 Å². The Morgan fingerprint density at radius 3 is 2.43 bits per heavy atom. The zero-order chi connectivity index (χ0) is 15.1. The molecule has 0 saturated carbocycles. The van der Waals surface area contributed by atoms with Gasteiger partial charge in [0.2, 0.25) is 0 Å². The second kappa shape index (κ2) is 7.94. The lowest BCUT2D eigenvalue weighted by Gasteiger charge is -2.18. The summed E-state index contributed by atoms with van der Waals surface area (Å²) in [7, 11) is 0. The van der Waals surface area contributed by atoms with Crippen LogP contribution in [0.2, 0.25) is 0 Å². The average Bonchev–Trinajstić information content (AvgIpc) is 2.49. The Morgan fingerprint density at radius 2 is 1.76 bits per heavy atom. The normalized spacial score (nSPS) is 12.3. The smallest absolute Gasteiger partial charge is 0.126 e. The van der Waals surface area contributed by atoms with Crippen molar-refractivity contribution in [2.75, 3.05) is 6.54 Å². The summed E-state index contributed by atoms with van der Waals surface area (Å²) in [6, 6.07) is 16.0. The zero-order valence-corrected chi connectivity index (χ0v) is 12.9. The van der Waals surface area contributed by atoms with E-state index < -0.39 is 0 Å². The molecular weight excluding hydrogens is 261 g/mol. The minimum absolute atomic E-state index is 0.101. The maximum Gasteiger partial charge on any atom is 0.126 e. The number of nitrogens with one attached hydrogen (secondary N) is 1. The van der Waals surface area contributed by atoms with Crippen LogP contribution in [0.3, 0.4) is 0 Å². The molecule has 0 heterocycles. The van der Waals surface area contributed by atoms with E-state index in [4.69, 9.17) is 0 Å². The van der Waals surface area contributed by atoms with Crippen LogP contribution >= 0.6 is 0 Å². The highest BCUT2D eigenvalue weighted by atomic mass is 19.1. The maximum atomic E-state index is 13.8. The van der Waals surface area contributed by atoms with E-state index in [-0.39, 0.29) is 5.82 Å². The summed E-state index contributed by atoms with van der Waals surface area (Å²) in [5.74, 6) is -0.101. The highest BCUT2D eigenvalue weighted by Crippen LogP contribution is 2.13. The molecule has 1 N–H and O–H groups in total. The Balaban J connectivity index is 1.95. The Morgan fingerprint density at radius 1 is 1.05 bits per heavy atom. The SMILES string of the molecule is CCNC(CCc1ccc(C)cc1)Cc1ccccc1F. The van der Waals surface area contributed by atoms with Gasteiger partial charge in [-0.25, -0.2) is 4.39 Å². The number of rotatable bonds is 7. The van der Waals surface area contributed by atoms with E-state index in [1.54, 1.807) is 6.07 Å². The summed E-state index contributed by atoms with van der Waals surface area (Å²) >= 11 is 0. The minimum Gasteiger partial charge on any atom is -0.314 e. The Bertz CT molecular complexity index is 548. The first-order valence-electron chi connectivity index (χ1n) is 7.71. The van der Waals surface area contributed by atoms with E-state index in [9.17, 15) is 4.39 Å². The fraction of sp³-hybridized carbons (Fsp3) is 0.368. The van der Waals surface area contributed by atoms with Crippen LogP contribution in [0.25, 0.3) is 0 Å². The Hall–Kier alpha value is -1.67. The maximum absolute atomic E-state index is 13.8. The second-order valence-corrected chi connectivity index (χ2v) is 5.57. The molecule has 21 heavy (non-hydrogen) atoms. The molecule has 2 heteroatoms. The third-order valence-electron chi connectivity index (χ3n) is 3.82. The summed E-state index contributed by atoms with van der Waals surface area (Å²) in [5.41, 5.74) is 3.43. The van der Waals surface area contributed by atoms with E-state index in [0.29, 0.717) is 6.04 Å². The van der Waals surface area contributed by atoms with E-state index >= 15 is 0 Å². The zero-order valence-electron chi connectivity index (χ0n) is 12.9. The summed E-state index contributed by atoms with van der Waals surface area (Å²) in [5, 5.41) is 3.47. The van der Waals surface area contributed by atoms with Gasteiger partial charge in [-0.2, -0.15) is 0 Å². The van der Waals surface area contributed by atoms with Gasteiger partial charge in [-0.3, -0.25) is 0 Å². The van der Waals surface area contributed by atoms with Crippen molar-refractivity contribution in [2.24, 2.45) is 0 Å². The van der Waals surface area contributed by atoms with Gasteiger partial charge in [-0.1, -0.05) is 55.0 Å². The van der Waals surface area contributed by atoms with E-state index in [1.165, 1.54) is 17.2 Å². The molecule has 0 aliphatic carbocycles. The molecule has 0 fully saturated rings. The van der Waals surface area contributed by atoms with Crippen molar-refractivity contribution < 1.29 is 4.39 Å². The van der Waals surface area contributed by atoms with Gasteiger partial charge in [0.25, 0.3) is 0 Å². The number of hydrogen-bond donors (Lipinski definition) is 1. The van der Waals surface area contributed by atoms with Crippen molar-refractivity contribution in [1.82, 2.24) is 5.32 Å². The molecule has 2 aromatic rings. The highest BCUT2D eigenvalue weighted by molar-refractivity contribution is 5.22. The molecule has 0 aromatic heterocycles. The van der Waals surface area contributed by atoms with Crippen molar-refractivity contribution in [2.45, 2.75) is 39.2 Å². The van der Waals surface area contributed by atoms with Gasteiger partial charge in [0.15, 0.2) is 0 Å². The Kier molecular flexibility index (Phi) is 5.94. The van der Waals surface area contributed by atoms with Gasteiger partial charge in [-0.15, -0.1) is 0 Å². The van der Waals surface area contributed by atoms with E-state index in [0.717, 1.165) is 31.4 Å². The lowest BCUT2D eigenvalue weighted by molar-refractivity contribution is 0.480. The average molecular weight is 285 g/mol. The van der Waals surface area contributed by atoms with Gasteiger partial charge < -0.3 is 5.32 Å². The monoisotopic (exact) mass is 285 g/mol. The molecule has 112 valence electrons. The van der Waals surface area contributed by atoms with Crippen molar-refractivity contribution in [1.29, 1.82) is 0 Å². The predicted molar refractivity (Wildman–Crippen MR) is 87.1 cm³/mol. The molecule has 0 spiro atoms. The van der Waals surface area contributed by atoms with Gasteiger partial charge in [0.05, 0.1) is 0 Å². The third-order valence-corrected chi connectivity index (χ3v) is 3.82. The first-order valence-corrected chi connectivity index (χ1v) is 7.71. The first kappa shape index (κ1) is 15.7. The van der Waals surface area contributed by atoms with Crippen LogP contribution in [0.15, 0.2) is 48.5 Å².